The Kier molecular flexibility index (Phi) is 2.83. The molecule has 1 aliphatic heterocycles. The van der Waals surface area contributed by atoms with Crippen molar-refractivity contribution in [2.24, 2.45) is 0 Å². The molecule has 1 atom stereocenters. The van der Waals surface area contributed by atoms with E-state index in [2.05, 4.69) is 20.6 Å². The van der Waals surface area contributed by atoms with Gasteiger partial charge in [-0.25, -0.2) is 9.97 Å². The van der Waals surface area contributed by atoms with E-state index in [1.54, 1.807) is 18.3 Å². The smallest absolute Gasteiger partial charge is 0.253 e. The monoisotopic (exact) mass is 274 g/mol. The second kappa shape index (κ2) is 4.51. The fourth-order valence-corrected chi connectivity index (χ4v) is 2.45. The van der Waals surface area contributed by atoms with Gasteiger partial charge in [0, 0.05) is 11.9 Å². The number of nitrogens with one attached hydrogen (secondary N) is 2. The van der Waals surface area contributed by atoms with Crippen LogP contribution in [-0.4, -0.2) is 15.9 Å². The van der Waals surface area contributed by atoms with Crippen molar-refractivity contribution in [1.82, 2.24) is 15.3 Å². The van der Waals surface area contributed by atoms with Gasteiger partial charge in [-0.2, -0.15) is 0 Å². The van der Waals surface area contributed by atoms with Crippen LogP contribution in [0.4, 0.5) is 11.5 Å². The molecule has 19 heavy (non-hydrogen) atoms. The van der Waals surface area contributed by atoms with Crippen LogP contribution in [0.2, 0.25) is 5.02 Å². The van der Waals surface area contributed by atoms with E-state index in [-0.39, 0.29) is 11.9 Å². The first-order chi connectivity index (χ1) is 9.15. The molecule has 0 fully saturated rings. The Labute approximate surface area is 115 Å². The van der Waals surface area contributed by atoms with Gasteiger partial charge in [0.25, 0.3) is 5.91 Å². The average Bonchev–Trinajstić information content (AvgIpc) is 2.66. The van der Waals surface area contributed by atoms with Crippen LogP contribution < -0.4 is 10.6 Å². The summed E-state index contributed by atoms with van der Waals surface area (Å²) in [4.78, 5) is 19.7. The molecule has 1 aromatic heterocycles. The van der Waals surface area contributed by atoms with E-state index in [4.69, 9.17) is 11.6 Å². The second-order valence-corrected chi connectivity index (χ2v) is 4.74. The number of rotatable bonds is 2. The first-order valence-corrected chi connectivity index (χ1v) is 6.20. The highest BCUT2D eigenvalue weighted by Gasteiger charge is 2.28. The lowest BCUT2D eigenvalue weighted by molar-refractivity contribution is 0.0958. The highest BCUT2D eigenvalue weighted by molar-refractivity contribution is 6.34. The van der Waals surface area contributed by atoms with Gasteiger partial charge >= 0.3 is 0 Å². The van der Waals surface area contributed by atoms with Crippen molar-refractivity contribution in [2.75, 3.05) is 5.32 Å². The van der Waals surface area contributed by atoms with Crippen molar-refractivity contribution in [3.63, 3.8) is 0 Å². The van der Waals surface area contributed by atoms with E-state index in [0.29, 0.717) is 16.4 Å². The van der Waals surface area contributed by atoms with Gasteiger partial charge < -0.3 is 10.6 Å². The molecule has 2 aromatic rings. The van der Waals surface area contributed by atoms with Crippen molar-refractivity contribution >= 4 is 29.0 Å². The number of amides is 1. The van der Waals surface area contributed by atoms with Crippen LogP contribution in [0, 0.1) is 0 Å². The third kappa shape index (κ3) is 2.13. The first-order valence-electron chi connectivity index (χ1n) is 5.82. The van der Waals surface area contributed by atoms with Crippen LogP contribution in [-0.2, 0) is 0 Å². The molecule has 3 rings (SSSR count). The summed E-state index contributed by atoms with van der Waals surface area (Å²) >= 11 is 6.17. The Morgan fingerprint density at radius 1 is 1.42 bits per heavy atom. The SMILES string of the molecule is CC1NC(=O)c2c(Cl)cc(Nc3ccncn3)cc21. The summed E-state index contributed by atoms with van der Waals surface area (Å²) < 4.78 is 0. The highest BCUT2D eigenvalue weighted by atomic mass is 35.5. The fraction of sp³-hybridized carbons (Fsp3) is 0.154. The van der Waals surface area contributed by atoms with Crippen molar-refractivity contribution < 1.29 is 4.79 Å². The molecule has 0 saturated heterocycles. The van der Waals surface area contributed by atoms with Gasteiger partial charge in [0.15, 0.2) is 0 Å². The van der Waals surface area contributed by atoms with E-state index in [0.717, 1.165) is 11.3 Å². The zero-order chi connectivity index (χ0) is 13.4. The minimum absolute atomic E-state index is 0.0350. The quantitative estimate of drug-likeness (QED) is 0.883. The maximum absolute atomic E-state index is 11.7. The summed E-state index contributed by atoms with van der Waals surface area (Å²) in [7, 11) is 0. The number of hydrogen-bond acceptors (Lipinski definition) is 4. The lowest BCUT2D eigenvalue weighted by atomic mass is 10.0. The molecule has 1 aromatic carbocycles. The van der Waals surface area contributed by atoms with Crippen LogP contribution in [0.1, 0.15) is 28.9 Å². The zero-order valence-electron chi connectivity index (χ0n) is 10.1. The Hall–Kier alpha value is -2.14. The fourth-order valence-electron chi connectivity index (χ4n) is 2.14. The molecule has 0 radical (unpaired) electrons. The molecule has 1 aliphatic rings. The van der Waals surface area contributed by atoms with Crippen molar-refractivity contribution in [1.29, 1.82) is 0 Å². The number of aromatic nitrogens is 2. The molecule has 1 amide bonds. The van der Waals surface area contributed by atoms with E-state index in [9.17, 15) is 4.79 Å². The average molecular weight is 275 g/mol. The maximum atomic E-state index is 11.7. The molecule has 2 N–H and O–H groups in total. The van der Waals surface area contributed by atoms with Gasteiger partial charge in [-0.3, -0.25) is 4.79 Å². The molecular weight excluding hydrogens is 264 g/mol. The van der Waals surface area contributed by atoms with Crippen LogP contribution in [0.5, 0.6) is 0 Å². The van der Waals surface area contributed by atoms with Crippen molar-refractivity contribution in [3.05, 3.63) is 46.9 Å². The number of nitrogens with zero attached hydrogens (tertiary/aromatic N) is 2. The molecule has 6 heteroatoms. The number of benzene rings is 1. The molecule has 0 aliphatic carbocycles. The molecule has 0 saturated carbocycles. The number of carbonyl (C=O) groups is 1. The van der Waals surface area contributed by atoms with Gasteiger partial charge in [0.2, 0.25) is 0 Å². The van der Waals surface area contributed by atoms with Crippen LogP contribution >= 0.6 is 11.6 Å². The number of anilines is 2. The minimum Gasteiger partial charge on any atom is -0.345 e. The predicted molar refractivity (Wildman–Crippen MR) is 72.6 cm³/mol. The third-order valence-corrected chi connectivity index (χ3v) is 3.31. The summed E-state index contributed by atoms with van der Waals surface area (Å²) in [5, 5.41) is 6.41. The molecule has 0 spiro atoms. The molecule has 2 heterocycles. The maximum Gasteiger partial charge on any atom is 0.253 e. The number of carbonyl (C=O) groups excluding carboxylic acids is 1. The molecule has 1 unspecified atom stereocenters. The van der Waals surface area contributed by atoms with Crippen molar-refractivity contribution in [3.8, 4) is 0 Å². The van der Waals surface area contributed by atoms with Gasteiger partial charge in [0.05, 0.1) is 16.6 Å². The molecule has 96 valence electrons. The molecule has 0 bridgehead atoms. The van der Waals surface area contributed by atoms with Gasteiger partial charge in [0.1, 0.15) is 12.1 Å². The zero-order valence-corrected chi connectivity index (χ0v) is 10.9. The predicted octanol–water partition coefficient (Wildman–Crippen LogP) is 2.68. The van der Waals surface area contributed by atoms with Gasteiger partial charge in [-0.15, -0.1) is 0 Å². The first kappa shape index (κ1) is 11.9. The van der Waals surface area contributed by atoms with E-state index < -0.39 is 0 Å². The second-order valence-electron chi connectivity index (χ2n) is 4.34. The third-order valence-electron chi connectivity index (χ3n) is 3.02. The Morgan fingerprint density at radius 2 is 2.26 bits per heavy atom. The van der Waals surface area contributed by atoms with Gasteiger partial charge in [-0.1, -0.05) is 11.6 Å². The molecule has 5 nitrogen and oxygen atoms in total. The van der Waals surface area contributed by atoms with E-state index in [1.807, 2.05) is 13.0 Å². The number of hydrogen-bond donors (Lipinski definition) is 2. The van der Waals surface area contributed by atoms with Gasteiger partial charge in [-0.05, 0) is 30.7 Å². The lowest BCUT2D eigenvalue weighted by Gasteiger charge is -2.09. The Bertz CT molecular complexity index is 645. The summed E-state index contributed by atoms with van der Waals surface area (Å²) in [6, 6.07) is 5.35. The summed E-state index contributed by atoms with van der Waals surface area (Å²) in [5.74, 6) is 0.553. The van der Waals surface area contributed by atoms with Crippen LogP contribution in [0.3, 0.4) is 0 Å². The normalized spacial score (nSPS) is 16.9. The molecular formula is C13H11ClN4O. The number of halogens is 1. The number of fused-ring (bicyclic) bond motifs is 1. The Morgan fingerprint density at radius 3 is 3.00 bits per heavy atom. The standard InChI is InChI=1S/C13H11ClN4O/c1-7-9-4-8(18-11-2-3-15-6-16-11)5-10(14)12(9)13(19)17-7/h2-7H,1H3,(H,17,19)(H,15,16,18). The van der Waals surface area contributed by atoms with Crippen LogP contribution in [0.25, 0.3) is 0 Å². The highest BCUT2D eigenvalue weighted by Crippen LogP contribution is 2.34. The summed E-state index contributed by atoms with van der Waals surface area (Å²) in [5.41, 5.74) is 2.25. The lowest BCUT2D eigenvalue weighted by Crippen LogP contribution is -2.16. The summed E-state index contributed by atoms with van der Waals surface area (Å²) in [6.07, 6.45) is 3.11. The topological polar surface area (TPSA) is 66.9 Å². The largest absolute Gasteiger partial charge is 0.345 e. The van der Waals surface area contributed by atoms with Crippen LogP contribution in [0.15, 0.2) is 30.7 Å². The summed E-state index contributed by atoms with van der Waals surface area (Å²) in [6.45, 7) is 1.93. The van der Waals surface area contributed by atoms with E-state index >= 15 is 0 Å². The minimum atomic E-state index is -0.124. The van der Waals surface area contributed by atoms with E-state index in [1.165, 1.54) is 6.33 Å². The van der Waals surface area contributed by atoms with Crippen molar-refractivity contribution in [2.45, 2.75) is 13.0 Å². The Balaban J connectivity index is 1.99.